The van der Waals surface area contributed by atoms with Crippen LogP contribution in [0.25, 0.3) is 12.2 Å². The van der Waals surface area contributed by atoms with Gasteiger partial charge in [0.1, 0.15) is 6.29 Å². The molecule has 1 fully saturated rings. The molecule has 1 aromatic rings. The van der Waals surface area contributed by atoms with Gasteiger partial charge in [-0.3, -0.25) is 0 Å². The van der Waals surface area contributed by atoms with E-state index in [1.54, 1.807) is 16.7 Å². The molecule has 2 aliphatic rings. The van der Waals surface area contributed by atoms with Crippen molar-refractivity contribution in [3.8, 4) is 0 Å². The predicted molar refractivity (Wildman–Crippen MR) is 107 cm³/mol. The fourth-order valence-corrected chi connectivity index (χ4v) is 3.48. The molecule has 1 nitrogen and oxygen atoms in total. The van der Waals surface area contributed by atoms with Gasteiger partial charge in [0.05, 0.1) is 0 Å². The lowest BCUT2D eigenvalue weighted by Gasteiger charge is -2.13. The van der Waals surface area contributed by atoms with E-state index in [1.807, 2.05) is 19.9 Å². The van der Waals surface area contributed by atoms with Crippen molar-refractivity contribution >= 4 is 18.4 Å². The van der Waals surface area contributed by atoms with E-state index < -0.39 is 0 Å². The molecule has 0 amide bonds. The molecule has 0 aliphatic heterocycles. The van der Waals surface area contributed by atoms with Crippen LogP contribution in [-0.2, 0) is 17.6 Å². The third kappa shape index (κ3) is 4.93. The normalized spacial score (nSPS) is 18.6. The second kappa shape index (κ2) is 9.61. The summed E-state index contributed by atoms with van der Waals surface area (Å²) in [7, 11) is 0. The Kier molecular flexibility index (Phi) is 8.18. The standard InChI is InChI=1S/C19H24.C2H4O.C2H6/c1-5-15-11-17-8-12(2)9-18(17)14(4)19(15)10-13(3)16-6-7-16;1-2-3;1-2/h5,10-12,16H,1,6-9H2,2-4H3;2H,1H3;1-2H3/b13-10+;;. The molecule has 0 bridgehead atoms. The summed E-state index contributed by atoms with van der Waals surface area (Å²) >= 11 is 0. The first kappa shape index (κ1) is 20.4. The van der Waals surface area contributed by atoms with Crippen molar-refractivity contribution in [2.75, 3.05) is 0 Å². The molecule has 1 atom stereocenters. The molecule has 24 heavy (non-hydrogen) atoms. The molecular formula is C23H34O. The first-order valence-electron chi connectivity index (χ1n) is 9.37. The fourth-order valence-electron chi connectivity index (χ4n) is 3.48. The maximum absolute atomic E-state index is 8.81. The first-order valence-corrected chi connectivity index (χ1v) is 9.37. The molecule has 0 heterocycles. The second-order valence-corrected chi connectivity index (χ2v) is 6.76. The Labute approximate surface area is 148 Å². The SMILES string of the molecule is C=Cc1cc2c(c(C)c1/C=C(\C)C1CC1)CC(C)C2.CC.CC=O. The van der Waals surface area contributed by atoms with Crippen molar-refractivity contribution in [2.24, 2.45) is 11.8 Å². The van der Waals surface area contributed by atoms with Gasteiger partial charge in [0.25, 0.3) is 0 Å². The van der Waals surface area contributed by atoms with Crippen LogP contribution in [0.3, 0.4) is 0 Å². The summed E-state index contributed by atoms with van der Waals surface area (Å²) in [6.45, 7) is 16.4. The number of aldehydes is 1. The molecule has 132 valence electrons. The molecule has 0 aromatic heterocycles. The van der Waals surface area contributed by atoms with Crippen molar-refractivity contribution in [3.05, 3.63) is 46.0 Å². The molecular weight excluding hydrogens is 292 g/mol. The number of benzene rings is 1. The summed E-state index contributed by atoms with van der Waals surface area (Å²) in [5, 5.41) is 0. The molecule has 2 aliphatic carbocycles. The molecule has 1 aromatic carbocycles. The topological polar surface area (TPSA) is 17.1 Å². The Morgan fingerprint density at radius 3 is 2.33 bits per heavy atom. The highest BCUT2D eigenvalue weighted by Crippen LogP contribution is 2.39. The Morgan fingerprint density at radius 1 is 1.25 bits per heavy atom. The zero-order valence-electron chi connectivity index (χ0n) is 16.4. The third-order valence-electron chi connectivity index (χ3n) is 4.82. The molecule has 1 unspecified atom stereocenters. The van der Waals surface area contributed by atoms with Crippen LogP contribution in [0.2, 0.25) is 0 Å². The van der Waals surface area contributed by atoms with Crippen molar-refractivity contribution in [1.82, 2.24) is 0 Å². The number of hydrogen-bond acceptors (Lipinski definition) is 1. The predicted octanol–water partition coefficient (Wildman–Crippen LogP) is 6.42. The number of fused-ring (bicyclic) bond motifs is 1. The van der Waals surface area contributed by atoms with Crippen LogP contribution in [0.15, 0.2) is 18.2 Å². The van der Waals surface area contributed by atoms with Gasteiger partial charge in [0.2, 0.25) is 0 Å². The van der Waals surface area contributed by atoms with E-state index in [1.165, 1.54) is 49.3 Å². The molecule has 3 rings (SSSR count). The smallest absolute Gasteiger partial charge is 0.116 e. The molecule has 1 heteroatoms. The number of carbonyl (C=O) groups excluding carboxylic acids is 1. The summed E-state index contributed by atoms with van der Waals surface area (Å²) < 4.78 is 0. The maximum atomic E-state index is 8.81. The van der Waals surface area contributed by atoms with Crippen LogP contribution in [0, 0.1) is 18.8 Å². The molecule has 0 radical (unpaired) electrons. The lowest BCUT2D eigenvalue weighted by Crippen LogP contribution is -1.96. The van der Waals surface area contributed by atoms with E-state index >= 15 is 0 Å². The van der Waals surface area contributed by atoms with Gasteiger partial charge in [0.15, 0.2) is 0 Å². The molecule has 0 N–H and O–H groups in total. The van der Waals surface area contributed by atoms with E-state index in [0.717, 1.165) is 18.1 Å². The number of allylic oxidation sites excluding steroid dienone is 1. The van der Waals surface area contributed by atoms with Crippen LogP contribution in [0.1, 0.15) is 75.3 Å². The quantitative estimate of drug-likeness (QED) is 0.586. The summed E-state index contributed by atoms with van der Waals surface area (Å²) in [6.07, 6.45) is 10.5. The third-order valence-corrected chi connectivity index (χ3v) is 4.82. The van der Waals surface area contributed by atoms with Gasteiger partial charge in [-0.2, -0.15) is 0 Å². The average molecular weight is 327 g/mol. The van der Waals surface area contributed by atoms with Gasteiger partial charge in [-0.1, -0.05) is 51.1 Å². The minimum atomic E-state index is 0.750. The van der Waals surface area contributed by atoms with Crippen LogP contribution < -0.4 is 0 Å². The number of carbonyl (C=O) groups is 1. The largest absolute Gasteiger partial charge is 0.304 e. The fraction of sp³-hybridized carbons (Fsp3) is 0.522. The van der Waals surface area contributed by atoms with E-state index in [2.05, 4.69) is 39.5 Å². The van der Waals surface area contributed by atoms with Gasteiger partial charge in [-0.15, -0.1) is 0 Å². The van der Waals surface area contributed by atoms with Crippen molar-refractivity contribution in [1.29, 1.82) is 0 Å². The van der Waals surface area contributed by atoms with Gasteiger partial charge in [-0.25, -0.2) is 0 Å². The summed E-state index contributed by atoms with van der Waals surface area (Å²) in [5.41, 5.74) is 8.96. The molecule has 0 spiro atoms. The van der Waals surface area contributed by atoms with Crippen molar-refractivity contribution < 1.29 is 4.79 Å². The zero-order valence-corrected chi connectivity index (χ0v) is 16.4. The summed E-state index contributed by atoms with van der Waals surface area (Å²) in [6, 6.07) is 2.38. The Bertz CT molecular complexity index is 603. The second-order valence-electron chi connectivity index (χ2n) is 6.76. The van der Waals surface area contributed by atoms with Crippen molar-refractivity contribution in [3.63, 3.8) is 0 Å². The lowest BCUT2D eigenvalue weighted by molar-refractivity contribution is -0.106. The van der Waals surface area contributed by atoms with E-state index in [-0.39, 0.29) is 0 Å². The highest BCUT2D eigenvalue weighted by Gasteiger charge is 2.25. The van der Waals surface area contributed by atoms with Crippen molar-refractivity contribution in [2.45, 2.75) is 67.2 Å². The van der Waals surface area contributed by atoms with Gasteiger partial charge in [0, 0.05) is 0 Å². The van der Waals surface area contributed by atoms with E-state index in [4.69, 9.17) is 4.79 Å². The van der Waals surface area contributed by atoms with E-state index in [0.29, 0.717) is 0 Å². The van der Waals surface area contributed by atoms with Crippen LogP contribution >= 0.6 is 0 Å². The summed E-state index contributed by atoms with van der Waals surface area (Å²) in [5.74, 6) is 1.65. The summed E-state index contributed by atoms with van der Waals surface area (Å²) in [4.78, 5) is 8.81. The molecule has 1 saturated carbocycles. The van der Waals surface area contributed by atoms with Gasteiger partial charge < -0.3 is 4.79 Å². The van der Waals surface area contributed by atoms with Crippen LogP contribution in [0.4, 0.5) is 0 Å². The number of rotatable bonds is 3. The Hall–Kier alpha value is -1.63. The minimum absolute atomic E-state index is 0.750. The average Bonchev–Trinajstić information content (AvgIpc) is 3.35. The lowest BCUT2D eigenvalue weighted by atomic mass is 9.92. The van der Waals surface area contributed by atoms with Gasteiger partial charge >= 0.3 is 0 Å². The highest BCUT2D eigenvalue weighted by molar-refractivity contribution is 5.71. The van der Waals surface area contributed by atoms with E-state index in [9.17, 15) is 0 Å². The van der Waals surface area contributed by atoms with Gasteiger partial charge in [-0.05, 0) is 86.1 Å². The minimum Gasteiger partial charge on any atom is -0.304 e. The molecule has 0 saturated heterocycles. The maximum Gasteiger partial charge on any atom is 0.116 e. The highest BCUT2D eigenvalue weighted by atomic mass is 16.1. The number of hydrogen-bond donors (Lipinski definition) is 0. The van der Waals surface area contributed by atoms with Crippen LogP contribution in [0.5, 0.6) is 0 Å². The van der Waals surface area contributed by atoms with Crippen LogP contribution in [-0.4, -0.2) is 6.29 Å². The Morgan fingerprint density at radius 2 is 1.83 bits per heavy atom. The zero-order chi connectivity index (χ0) is 18.3. The first-order chi connectivity index (χ1) is 11.5. The Balaban J connectivity index is 0.000000521. The monoisotopic (exact) mass is 326 g/mol.